The van der Waals surface area contributed by atoms with Gasteiger partial charge in [-0.1, -0.05) is 32.6 Å². The van der Waals surface area contributed by atoms with Crippen LogP contribution in [0.4, 0.5) is 0 Å². The Balaban J connectivity index is 2.85. The molecule has 12 heavy (non-hydrogen) atoms. The Labute approximate surface area is 74.7 Å². The molecule has 0 amide bonds. The van der Waals surface area contributed by atoms with Crippen LogP contribution in [0.1, 0.15) is 26.7 Å². The zero-order chi connectivity index (χ0) is 9.19. The average molecular weight is 163 g/mol. The SMILES string of the molecule is C=C1/C=C\C(N)=C/CCC1(C)C. The van der Waals surface area contributed by atoms with Crippen LogP contribution < -0.4 is 5.73 Å². The Morgan fingerprint density at radius 1 is 1.42 bits per heavy atom. The van der Waals surface area contributed by atoms with Gasteiger partial charge < -0.3 is 5.73 Å². The van der Waals surface area contributed by atoms with E-state index in [0.717, 1.165) is 18.5 Å². The Hall–Kier alpha value is -0.980. The second-order valence-corrected chi connectivity index (χ2v) is 3.99. The highest BCUT2D eigenvalue weighted by molar-refractivity contribution is 5.29. The van der Waals surface area contributed by atoms with Gasteiger partial charge in [0.25, 0.3) is 0 Å². The van der Waals surface area contributed by atoms with E-state index in [-0.39, 0.29) is 5.41 Å². The van der Waals surface area contributed by atoms with E-state index in [4.69, 9.17) is 5.73 Å². The van der Waals surface area contributed by atoms with Crippen molar-refractivity contribution in [2.24, 2.45) is 11.1 Å². The molecule has 66 valence electrons. The summed E-state index contributed by atoms with van der Waals surface area (Å²) in [4.78, 5) is 0. The minimum absolute atomic E-state index is 0.216. The molecule has 0 aromatic carbocycles. The lowest BCUT2D eigenvalue weighted by molar-refractivity contribution is 0.421. The number of nitrogens with two attached hydrogens (primary N) is 1. The molecule has 2 N–H and O–H groups in total. The predicted molar refractivity (Wildman–Crippen MR) is 53.6 cm³/mol. The molecule has 0 heterocycles. The zero-order valence-electron chi connectivity index (χ0n) is 7.93. The van der Waals surface area contributed by atoms with Gasteiger partial charge in [-0.2, -0.15) is 0 Å². The van der Waals surface area contributed by atoms with Crippen LogP contribution in [-0.2, 0) is 0 Å². The monoisotopic (exact) mass is 163 g/mol. The van der Waals surface area contributed by atoms with Gasteiger partial charge in [0.05, 0.1) is 0 Å². The Kier molecular flexibility index (Phi) is 2.41. The van der Waals surface area contributed by atoms with Crippen LogP contribution in [0.2, 0.25) is 0 Å². The van der Waals surface area contributed by atoms with Crippen molar-refractivity contribution < 1.29 is 0 Å². The third-order valence-electron chi connectivity index (χ3n) is 2.50. The van der Waals surface area contributed by atoms with Crippen LogP contribution in [-0.4, -0.2) is 0 Å². The van der Waals surface area contributed by atoms with Crippen LogP contribution in [0.3, 0.4) is 0 Å². The number of hydrogen-bond donors (Lipinski definition) is 1. The molecule has 0 unspecified atom stereocenters. The van der Waals surface area contributed by atoms with Crippen LogP contribution in [0.15, 0.2) is 36.1 Å². The molecule has 0 aromatic rings. The van der Waals surface area contributed by atoms with E-state index in [0.29, 0.717) is 0 Å². The van der Waals surface area contributed by atoms with Gasteiger partial charge in [-0.15, -0.1) is 0 Å². The van der Waals surface area contributed by atoms with Gasteiger partial charge >= 0.3 is 0 Å². The fourth-order valence-electron chi connectivity index (χ4n) is 1.25. The Bertz CT molecular complexity index is 244. The Morgan fingerprint density at radius 2 is 2.08 bits per heavy atom. The Morgan fingerprint density at radius 3 is 2.75 bits per heavy atom. The highest BCUT2D eigenvalue weighted by atomic mass is 14.6. The van der Waals surface area contributed by atoms with Crippen LogP contribution >= 0.6 is 0 Å². The normalized spacial score (nSPS) is 29.8. The molecule has 0 spiro atoms. The molecular formula is C11H17N. The van der Waals surface area contributed by atoms with Crippen molar-refractivity contribution in [3.63, 3.8) is 0 Å². The first-order valence-electron chi connectivity index (χ1n) is 4.35. The van der Waals surface area contributed by atoms with Gasteiger partial charge in [0, 0.05) is 5.70 Å². The predicted octanol–water partition coefficient (Wildman–Crippen LogP) is 2.76. The van der Waals surface area contributed by atoms with Gasteiger partial charge in [-0.3, -0.25) is 0 Å². The molecule has 0 aliphatic heterocycles. The summed E-state index contributed by atoms with van der Waals surface area (Å²) in [7, 11) is 0. The minimum atomic E-state index is 0.216. The van der Waals surface area contributed by atoms with E-state index < -0.39 is 0 Å². The molecule has 0 saturated heterocycles. The fourth-order valence-corrected chi connectivity index (χ4v) is 1.25. The summed E-state index contributed by atoms with van der Waals surface area (Å²) in [5.41, 5.74) is 7.92. The second-order valence-electron chi connectivity index (χ2n) is 3.99. The van der Waals surface area contributed by atoms with Crippen LogP contribution in [0.25, 0.3) is 0 Å². The topological polar surface area (TPSA) is 26.0 Å². The smallest absolute Gasteiger partial charge is 0.0273 e. The summed E-state index contributed by atoms with van der Waals surface area (Å²) in [5.74, 6) is 0. The highest BCUT2D eigenvalue weighted by Gasteiger charge is 2.19. The number of hydrogen-bond acceptors (Lipinski definition) is 1. The third-order valence-corrected chi connectivity index (χ3v) is 2.50. The molecule has 0 atom stereocenters. The summed E-state index contributed by atoms with van der Waals surface area (Å²) in [6.07, 6.45) is 8.19. The fraction of sp³-hybridized carbons (Fsp3) is 0.455. The molecule has 0 aromatic heterocycles. The lowest BCUT2D eigenvalue weighted by atomic mass is 9.79. The van der Waals surface area contributed by atoms with Crippen molar-refractivity contribution in [1.29, 1.82) is 0 Å². The maximum absolute atomic E-state index is 5.69. The van der Waals surface area contributed by atoms with Crippen LogP contribution in [0, 0.1) is 5.41 Å². The molecule has 0 bridgehead atoms. The highest BCUT2D eigenvalue weighted by Crippen LogP contribution is 2.32. The lowest BCUT2D eigenvalue weighted by Crippen LogP contribution is -2.14. The summed E-state index contributed by atoms with van der Waals surface area (Å²) in [5, 5.41) is 0. The molecular weight excluding hydrogens is 146 g/mol. The standard InChI is InChI=1S/C11H17N/c1-9-6-7-10(12)5-4-8-11(9,2)3/h5-7H,1,4,8,12H2,2-3H3/b7-6-,10-5+. The van der Waals surface area contributed by atoms with E-state index in [1.807, 2.05) is 12.2 Å². The molecule has 1 aliphatic rings. The van der Waals surface area contributed by atoms with Crippen molar-refractivity contribution in [2.45, 2.75) is 26.7 Å². The summed E-state index contributed by atoms with van der Waals surface area (Å²) >= 11 is 0. The summed E-state index contributed by atoms with van der Waals surface area (Å²) < 4.78 is 0. The van der Waals surface area contributed by atoms with Gasteiger partial charge in [0.2, 0.25) is 0 Å². The lowest BCUT2D eigenvalue weighted by Gasteiger charge is -2.26. The third kappa shape index (κ3) is 2.00. The van der Waals surface area contributed by atoms with Gasteiger partial charge in [-0.25, -0.2) is 0 Å². The molecule has 1 heteroatoms. The van der Waals surface area contributed by atoms with E-state index in [1.54, 1.807) is 0 Å². The van der Waals surface area contributed by atoms with E-state index >= 15 is 0 Å². The van der Waals surface area contributed by atoms with E-state index in [9.17, 15) is 0 Å². The van der Waals surface area contributed by atoms with Crippen LogP contribution in [0.5, 0.6) is 0 Å². The van der Waals surface area contributed by atoms with Gasteiger partial charge in [0.15, 0.2) is 0 Å². The molecule has 1 rings (SSSR count). The van der Waals surface area contributed by atoms with Crippen molar-refractivity contribution in [2.75, 3.05) is 0 Å². The average Bonchev–Trinajstić information content (AvgIpc) is 1.98. The molecule has 0 fully saturated rings. The summed E-state index contributed by atoms with van der Waals surface area (Å²) in [6, 6.07) is 0. The van der Waals surface area contributed by atoms with Crippen molar-refractivity contribution in [3.05, 3.63) is 36.1 Å². The first-order valence-corrected chi connectivity index (χ1v) is 4.35. The summed E-state index contributed by atoms with van der Waals surface area (Å²) in [6.45, 7) is 8.47. The molecule has 1 aliphatic carbocycles. The molecule has 1 nitrogen and oxygen atoms in total. The second kappa shape index (κ2) is 3.18. The zero-order valence-corrected chi connectivity index (χ0v) is 7.93. The van der Waals surface area contributed by atoms with Gasteiger partial charge in [-0.05, 0) is 29.9 Å². The number of allylic oxidation sites excluding steroid dienone is 4. The first kappa shape index (κ1) is 9.11. The molecule has 0 radical (unpaired) electrons. The maximum Gasteiger partial charge on any atom is 0.0273 e. The van der Waals surface area contributed by atoms with E-state index in [1.165, 1.54) is 5.57 Å². The minimum Gasteiger partial charge on any atom is -0.399 e. The quantitative estimate of drug-likeness (QED) is 0.584. The maximum atomic E-state index is 5.69. The molecule has 0 saturated carbocycles. The van der Waals surface area contributed by atoms with Crippen molar-refractivity contribution in [1.82, 2.24) is 0 Å². The first-order chi connectivity index (χ1) is 5.52. The largest absolute Gasteiger partial charge is 0.399 e. The van der Waals surface area contributed by atoms with Crippen molar-refractivity contribution >= 4 is 0 Å². The van der Waals surface area contributed by atoms with E-state index in [2.05, 4.69) is 26.5 Å². The van der Waals surface area contributed by atoms with Crippen molar-refractivity contribution in [3.8, 4) is 0 Å². The van der Waals surface area contributed by atoms with Gasteiger partial charge in [0.1, 0.15) is 0 Å². The number of rotatable bonds is 0.